The Morgan fingerprint density at radius 3 is 2.57 bits per heavy atom. The van der Waals surface area contributed by atoms with Gasteiger partial charge in [0.2, 0.25) is 5.91 Å². The third kappa shape index (κ3) is 6.48. The summed E-state index contributed by atoms with van der Waals surface area (Å²) in [5.74, 6) is 0.918. The van der Waals surface area contributed by atoms with Gasteiger partial charge in [-0.15, -0.1) is 0 Å². The standard InChI is InChI=1S/C27H31N3O5/c1-29(18-20-7-4-3-5-8-20)26(31)14-15-30(19-23-9-6-16-34-23)27(32)24-17-25(35-28-24)21-10-12-22(33-2)13-11-21/h3-5,7-8,10-13,17,23H,6,9,14-16,18-19H2,1-2H3/t23-/m0/s1. The Bertz CT molecular complexity index is 1110. The fourth-order valence-corrected chi connectivity index (χ4v) is 4.11. The SMILES string of the molecule is COc1ccc(-c2cc(C(=O)N(CCC(=O)N(C)Cc3ccccc3)C[C@@H]3CCCO3)no2)cc1. The van der Waals surface area contributed by atoms with Crippen molar-refractivity contribution in [3.8, 4) is 17.1 Å². The van der Waals surface area contributed by atoms with E-state index < -0.39 is 0 Å². The maximum atomic E-state index is 13.4. The second-order valence-corrected chi connectivity index (χ2v) is 8.68. The maximum Gasteiger partial charge on any atom is 0.276 e. The molecule has 1 aliphatic heterocycles. The molecule has 1 atom stereocenters. The van der Waals surface area contributed by atoms with Gasteiger partial charge in [0.15, 0.2) is 11.5 Å². The summed E-state index contributed by atoms with van der Waals surface area (Å²) in [7, 11) is 3.38. The molecule has 0 unspecified atom stereocenters. The Labute approximate surface area is 205 Å². The molecule has 3 aromatic rings. The molecule has 35 heavy (non-hydrogen) atoms. The van der Waals surface area contributed by atoms with Gasteiger partial charge in [-0.3, -0.25) is 9.59 Å². The Morgan fingerprint density at radius 1 is 1.11 bits per heavy atom. The molecule has 1 saturated heterocycles. The van der Waals surface area contributed by atoms with Gasteiger partial charge < -0.3 is 23.8 Å². The number of hydrogen-bond acceptors (Lipinski definition) is 6. The van der Waals surface area contributed by atoms with E-state index in [1.807, 2.05) is 54.6 Å². The largest absolute Gasteiger partial charge is 0.497 e. The van der Waals surface area contributed by atoms with E-state index in [-0.39, 0.29) is 36.6 Å². The lowest BCUT2D eigenvalue weighted by Gasteiger charge is -2.25. The average molecular weight is 478 g/mol. The van der Waals surface area contributed by atoms with Gasteiger partial charge in [0.1, 0.15) is 5.75 Å². The van der Waals surface area contributed by atoms with Crippen LogP contribution in [0.5, 0.6) is 5.75 Å². The van der Waals surface area contributed by atoms with Crippen LogP contribution in [-0.2, 0) is 16.1 Å². The predicted octanol–water partition coefficient (Wildman–Crippen LogP) is 4.02. The van der Waals surface area contributed by atoms with Crippen molar-refractivity contribution < 1.29 is 23.6 Å². The average Bonchev–Trinajstić information content (AvgIpc) is 3.59. The number of ether oxygens (including phenoxy) is 2. The molecular weight excluding hydrogens is 446 g/mol. The molecule has 0 N–H and O–H groups in total. The number of carbonyl (C=O) groups is 2. The van der Waals surface area contributed by atoms with Crippen LogP contribution < -0.4 is 4.74 Å². The second kappa shape index (κ2) is 11.7. The molecule has 184 valence electrons. The third-order valence-electron chi connectivity index (χ3n) is 6.12. The van der Waals surface area contributed by atoms with Crippen LogP contribution in [0.4, 0.5) is 0 Å². The van der Waals surface area contributed by atoms with E-state index in [4.69, 9.17) is 14.0 Å². The lowest BCUT2D eigenvalue weighted by atomic mass is 10.1. The third-order valence-corrected chi connectivity index (χ3v) is 6.12. The minimum absolute atomic E-state index is 0.0296. The van der Waals surface area contributed by atoms with E-state index in [1.54, 1.807) is 30.0 Å². The van der Waals surface area contributed by atoms with Gasteiger partial charge in [0.05, 0.1) is 13.2 Å². The highest BCUT2D eigenvalue weighted by atomic mass is 16.5. The van der Waals surface area contributed by atoms with Crippen LogP contribution in [0.15, 0.2) is 65.2 Å². The fourth-order valence-electron chi connectivity index (χ4n) is 4.11. The Morgan fingerprint density at radius 2 is 1.89 bits per heavy atom. The van der Waals surface area contributed by atoms with Crippen LogP contribution in [-0.4, -0.2) is 66.7 Å². The highest BCUT2D eigenvalue weighted by Crippen LogP contribution is 2.24. The van der Waals surface area contributed by atoms with Crippen LogP contribution in [0.25, 0.3) is 11.3 Å². The van der Waals surface area contributed by atoms with E-state index in [2.05, 4.69) is 5.16 Å². The number of benzene rings is 2. The monoisotopic (exact) mass is 477 g/mol. The molecule has 2 aromatic carbocycles. The van der Waals surface area contributed by atoms with Crippen molar-refractivity contribution >= 4 is 11.8 Å². The summed E-state index contributed by atoms with van der Waals surface area (Å²) in [4.78, 5) is 29.5. The zero-order valence-electron chi connectivity index (χ0n) is 20.2. The Hall–Kier alpha value is -3.65. The van der Waals surface area contributed by atoms with Crippen molar-refractivity contribution in [2.45, 2.75) is 31.9 Å². The molecule has 2 amide bonds. The normalized spacial score (nSPS) is 15.1. The lowest BCUT2D eigenvalue weighted by Crippen LogP contribution is -2.40. The van der Waals surface area contributed by atoms with E-state index in [0.717, 1.165) is 29.7 Å². The minimum atomic E-state index is -0.275. The number of aromatic nitrogens is 1. The molecule has 1 aliphatic rings. The summed E-state index contributed by atoms with van der Waals surface area (Å²) in [6, 6.07) is 18.8. The zero-order valence-corrected chi connectivity index (χ0v) is 20.2. The van der Waals surface area contributed by atoms with Crippen LogP contribution in [0.1, 0.15) is 35.3 Å². The molecular formula is C27H31N3O5. The van der Waals surface area contributed by atoms with Gasteiger partial charge in [0.25, 0.3) is 5.91 Å². The Balaban J connectivity index is 1.42. The van der Waals surface area contributed by atoms with Gasteiger partial charge >= 0.3 is 0 Å². The van der Waals surface area contributed by atoms with Gasteiger partial charge in [-0.05, 0) is 42.7 Å². The summed E-state index contributed by atoms with van der Waals surface area (Å²) in [6.45, 7) is 1.91. The van der Waals surface area contributed by atoms with Gasteiger partial charge in [0, 0.05) is 51.3 Å². The van der Waals surface area contributed by atoms with Crippen LogP contribution in [0.2, 0.25) is 0 Å². The number of amides is 2. The zero-order chi connectivity index (χ0) is 24.6. The first-order valence-corrected chi connectivity index (χ1v) is 11.8. The molecule has 0 radical (unpaired) electrons. The number of hydrogen-bond donors (Lipinski definition) is 0. The van der Waals surface area contributed by atoms with Crippen molar-refractivity contribution in [3.63, 3.8) is 0 Å². The molecule has 0 spiro atoms. The molecule has 4 rings (SSSR count). The molecule has 0 saturated carbocycles. The summed E-state index contributed by atoms with van der Waals surface area (Å²) < 4.78 is 16.4. The van der Waals surface area contributed by atoms with E-state index in [1.165, 1.54) is 0 Å². The summed E-state index contributed by atoms with van der Waals surface area (Å²) >= 11 is 0. The topological polar surface area (TPSA) is 85.1 Å². The quantitative estimate of drug-likeness (QED) is 0.439. The van der Waals surface area contributed by atoms with Gasteiger partial charge in [-0.2, -0.15) is 0 Å². The summed E-state index contributed by atoms with van der Waals surface area (Å²) in [6.07, 6.45) is 2.04. The number of nitrogens with zero attached hydrogens (tertiary/aromatic N) is 3. The number of methoxy groups -OCH3 is 1. The van der Waals surface area contributed by atoms with Gasteiger partial charge in [-0.1, -0.05) is 35.5 Å². The van der Waals surface area contributed by atoms with E-state index >= 15 is 0 Å². The summed E-state index contributed by atoms with van der Waals surface area (Å²) in [5, 5.41) is 4.01. The predicted molar refractivity (Wildman–Crippen MR) is 131 cm³/mol. The van der Waals surface area contributed by atoms with E-state index in [0.29, 0.717) is 25.5 Å². The van der Waals surface area contributed by atoms with Crippen LogP contribution >= 0.6 is 0 Å². The highest BCUT2D eigenvalue weighted by Gasteiger charge is 2.26. The van der Waals surface area contributed by atoms with Crippen LogP contribution in [0.3, 0.4) is 0 Å². The van der Waals surface area contributed by atoms with Crippen molar-refractivity contribution in [3.05, 3.63) is 71.9 Å². The number of rotatable bonds is 10. The molecule has 0 bridgehead atoms. The lowest BCUT2D eigenvalue weighted by molar-refractivity contribution is -0.130. The molecule has 1 aromatic heterocycles. The Kier molecular flexibility index (Phi) is 8.15. The smallest absolute Gasteiger partial charge is 0.276 e. The maximum absolute atomic E-state index is 13.4. The molecule has 8 nitrogen and oxygen atoms in total. The van der Waals surface area contributed by atoms with Gasteiger partial charge in [-0.25, -0.2) is 0 Å². The first kappa shape index (κ1) is 24.5. The summed E-state index contributed by atoms with van der Waals surface area (Å²) in [5.41, 5.74) is 2.06. The first-order valence-electron chi connectivity index (χ1n) is 11.8. The van der Waals surface area contributed by atoms with Crippen molar-refractivity contribution in [2.75, 3.05) is 33.9 Å². The van der Waals surface area contributed by atoms with E-state index in [9.17, 15) is 9.59 Å². The van der Waals surface area contributed by atoms with Crippen LogP contribution in [0, 0.1) is 0 Å². The fraction of sp³-hybridized carbons (Fsp3) is 0.370. The molecule has 8 heteroatoms. The highest BCUT2D eigenvalue weighted by molar-refractivity contribution is 5.93. The second-order valence-electron chi connectivity index (χ2n) is 8.68. The minimum Gasteiger partial charge on any atom is -0.497 e. The van der Waals surface area contributed by atoms with Crippen molar-refractivity contribution in [1.82, 2.24) is 15.0 Å². The number of carbonyl (C=O) groups excluding carboxylic acids is 2. The molecule has 2 heterocycles. The molecule has 1 fully saturated rings. The van der Waals surface area contributed by atoms with Crippen molar-refractivity contribution in [1.29, 1.82) is 0 Å². The first-order chi connectivity index (χ1) is 17.0. The van der Waals surface area contributed by atoms with Crippen molar-refractivity contribution in [2.24, 2.45) is 0 Å². The molecule has 0 aliphatic carbocycles.